The number of carboxylic acids is 1. The lowest BCUT2D eigenvalue weighted by Crippen LogP contribution is -2.40. The fourth-order valence-electron chi connectivity index (χ4n) is 2.67. The van der Waals surface area contributed by atoms with Crippen molar-refractivity contribution in [3.8, 4) is 22.6 Å². The molecule has 0 aromatic heterocycles. The van der Waals surface area contributed by atoms with Crippen LogP contribution in [0.5, 0.6) is 11.5 Å². The fourth-order valence-corrected chi connectivity index (χ4v) is 2.67. The van der Waals surface area contributed by atoms with Gasteiger partial charge in [-0.25, -0.2) is 9.18 Å². The largest absolute Gasteiger partial charge is 0.496 e. The van der Waals surface area contributed by atoms with Gasteiger partial charge in [-0.15, -0.1) is 0 Å². The van der Waals surface area contributed by atoms with E-state index in [1.807, 2.05) is 0 Å². The molecule has 0 saturated carbocycles. The van der Waals surface area contributed by atoms with Crippen LogP contribution in [-0.2, 0) is 4.79 Å². The number of rotatable bonds is 3. The first-order valence-corrected chi connectivity index (χ1v) is 7.37. The number of methoxy groups -OCH3 is 1. The smallest absolute Gasteiger partial charge is 0.430 e. The molecule has 0 bridgehead atoms. The van der Waals surface area contributed by atoms with Gasteiger partial charge in [-0.05, 0) is 29.8 Å². The summed E-state index contributed by atoms with van der Waals surface area (Å²) in [6.07, 6.45) is -6.54. The minimum atomic E-state index is -4.88. The molecular formula is C18H12F4O4. The fraction of sp³-hybridized carbons (Fsp3) is 0.167. The molecule has 0 amide bonds. The first-order chi connectivity index (χ1) is 12.2. The van der Waals surface area contributed by atoms with E-state index in [0.29, 0.717) is 11.1 Å². The Morgan fingerprint density at radius 1 is 1.19 bits per heavy atom. The summed E-state index contributed by atoms with van der Waals surface area (Å²) in [7, 11) is 1.33. The third-order valence-corrected chi connectivity index (χ3v) is 3.87. The third-order valence-electron chi connectivity index (χ3n) is 3.87. The maximum atomic E-state index is 13.1. The quantitative estimate of drug-likeness (QED) is 0.821. The van der Waals surface area contributed by atoms with E-state index in [2.05, 4.69) is 0 Å². The molecule has 1 aliphatic heterocycles. The maximum Gasteiger partial charge on any atom is 0.430 e. The average Bonchev–Trinajstić information content (AvgIpc) is 2.59. The normalized spacial score (nSPS) is 16.3. The van der Waals surface area contributed by atoms with Crippen molar-refractivity contribution in [2.24, 2.45) is 0 Å². The van der Waals surface area contributed by atoms with E-state index in [1.165, 1.54) is 43.5 Å². The molecular weight excluding hydrogens is 356 g/mol. The third kappa shape index (κ3) is 3.22. The van der Waals surface area contributed by atoms with Gasteiger partial charge in [-0.3, -0.25) is 0 Å². The summed E-state index contributed by atoms with van der Waals surface area (Å²) in [4.78, 5) is 11.2. The Morgan fingerprint density at radius 3 is 2.38 bits per heavy atom. The highest BCUT2D eigenvalue weighted by molar-refractivity contribution is 5.95. The number of carboxylic acid groups (broad SMARTS) is 1. The van der Waals surface area contributed by atoms with E-state index >= 15 is 0 Å². The van der Waals surface area contributed by atoms with Crippen molar-refractivity contribution in [1.82, 2.24) is 0 Å². The number of fused-ring (bicyclic) bond motifs is 1. The molecule has 1 aliphatic rings. The van der Waals surface area contributed by atoms with E-state index in [9.17, 15) is 22.4 Å². The summed E-state index contributed by atoms with van der Waals surface area (Å²) in [6, 6.07) is 8.10. The van der Waals surface area contributed by atoms with Gasteiger partial charge in [0.15, 0.2) is 0 Å². The summed E-state index contributed by atoms with van der Waals surface area (Å²) in [5.41, 5.74) is 0.249. The standard InChI is InChI=1S/C18H12F4O4/c1-25-15-8-14-10(6-12(15)9-2-4-11(19)5-3-9)7-13(17(23)24)16(26-14)18(20,21)22/h2-8,16H,1H3,(H,23,24). The Kier molecular flexibility index (Phi) is 4.35. The van der Waals surface area contributed by atoms with E-state index in [1.54, 1.807) is 0 Å². The van der Waals surface area contributed by atoms with E-state index in [-0.39, 0.29) is 17.1 Å². The minimum Gasteiger partial charge on any atom is -0.496 e. The lowest BCUT2D eigenvalue weighted by atomic mass is 9.96. The van der Waals surface area contributed by atoms with Crippen molar-refractivity contribution < 1.29 is 36.9 Å². The Hall–Kier alpha value is -3.03. The number of carbonyl (C=O) groups is 1. The summed E-state index contributed by atoms with van der Waals surface area (Å²) in [6.45, 7) is 0. The van der Waals surface area contributed by atoms with Gasteiger partial charge in [0.1, 0.15) is 17.3 Å². The predicted molar refractivity (Wildman–Crippen MR) is 84.5 cm³/mol. The molecule has 0 aliphatic carbocycles. The molecule has 1 unspecified atom stereocenters. The molecule has 4 nitrogen and oxygen atoms in total. The molecule has 8 heteroatoms. The Balaban J connectivity index is 2.16. The second kappa shape index (κ2) is 6.36. The minimum absolute atomic E-state index is 0.153. The molecule has 0 spiro atoms. The van der Waals surface area contributed by atoms with Crippen molar-refractivity contribution in [2.45, 2.75) is 12.3 Å². The molecule has 2 aromatic carbocycles. The first-order valence-electron chi connectivity index (χ1n) is 7.37. The zero-order valence-electron chi connectivity index (χ0n) is 13.3. The maximum absolute atomic E-state index is 13.1. The van der Waals surface area contributed by atoms with Gasteiger partial charge < -0.3 is 14.6 Å². The number of aliphatic carboxylic acids is 1. The van der Waals surface area contributed by atoms with Crippen LogP contribution in [0.1, 0.15) is 5.56 Å². The van der Waals surface area contributed by atoms with Crippen LogP contribution in [0.4, 0.5) is 17.6 Å². The van der Waals surface area contributed by atoms with Gasteiger partial charge in [0.2, 0.25) is 6.10 Å². The number of benzene rings is 2. The van der Waals surface area contributed by atoms with Gasteiger partial charge in [0.25, 0.3) is 0 Å². The Morgan fingerprint density at radius 2 is 1.85 bits per heavy atom. The molecule has 1 atom stereocenters. The van der Waals surface area contributed by atoms with E-state index in [0.717, 1.165) is 6.08 Å². The summed E-state index contributed by atoms with van der Waals surface area (Å²) in [5, 5.41) is 9.10. The predicted octanol–water partition coefficient (Wildman–Crippen LogP) is 4.29. The summed E-state index contributed by atoms with van der Waals surface area (Å²) < 4.78 is 62.6. The Labute approximate surface area is 145 Å². The van der Waals surface area contributed by atoms with Gasteiger partial charge >= 0.3 is 12.1 Å². The second-order valence-corrected chi connectivity index (χ2v) is 5.54. The molecule has 0 radical (unpaired) electrons. The van der Waals surface area contributed by atoms with E-state index in [4.69, 9.17) is 14.6 Å². The molecule has 0 saturated heterocycles. The highest BCUT2D eigenvalue weighted by atomic mass is 19.4. The van der Waals surface area contributed by atoms with Crippen LogP contribution in [0.25, 0.3) is 17.2 Å². The SMILES string of the molecule is COc1cc2c(cc1-c1ccc(F)cc1)C=C(C(=O)O)C(C(F)(F)F)O2. The molecule has 2 aromatic rings. The number of hydrogen-bond acceptors (Lipinski definition) is 3. The van der Waals surface area contributed by atoms with Crippen molar-refractivity contribution in [3.05, 3.63) is 53.4 Å². The van der Waals surface area contributed by atoms with Crippen molar-refractivity contribution in [1.29, 1.82) is 0 Å². The topological polar surface area (TPSA) is 55.8 Å². The molecule has 1 N–H and O–H groups in total. The van der Waals surface area contributed by atoms with E-state index < -0.39 is 29.6 Å². The molecule has 1 heterocycles. The molecule has 136 valence electrons. The van der Waals surface area contributed by atoms with Gasteiger partial charge in [-0.1, -0.05) is 12.1 Å². The molecule has 3 rings (SSSR count). The highest BCUT2D eigenvalue weighted by Gasteiger charge is 2.48. The number of halogens is 4. The lowest BCUT2D eigenvalue weighted by Gasteiger charge is -2.27. The lowest BCUT2D eigenvalue weighted by molar-refractivity contribution is -0.187. The number of hydrogen-bond donors (Lipinski definition) is 1. The highest BCUT2D eigenvalue weighted by Crippen LogP contribution is 2.42. The summed E-state index contributed by atoms with van der Waals surface area (Å²) >= 11 is 0. The van der Waals surface area contributed by atoms with Gasteiger partial charge in [0.05, 0.1) is 12.7 Å². The monoisotopic (exact) mass is 368 g/mol. The zero-order valence-corrected chi connectivity index (χ0v) is 13.3. The van der Waals surface area contributed by atoms with Crippen LogP contribution in [-0.4, -0.2) is 30.5 Å². The van der Waals surface area contributed by atoms with Crippen molar-refractivity contribution in [3.63, 3.8) is 0 Å². The van der Waals surface area contributed by atoms with Crippen molar-refractivity contribution >= 4 is 12.0 Å². The van der Waals surface area contributed by atoms with Gasteiger partial charge in [0, 0.05) is 17.2 Å². The van der Waals surface area contributed by atoms with Crippen LogP contribution in [0, 0.1) is 5.82 Å². The van der Waals surface area contributed by atoms with Gasteiger partial charge in [-0.2, -0.15) is 13.2 Å². The van der Waals surface area contributed by atoms with Crippen LogP contribution < -0.4 is 9.47 Å². The van der Waals surface area contributed by atoms with Crippen LogP contribution in [0.3, 0.4) is 0 Å². The van der Waals surface area contributed by atoms with Crippen LogP contribution in [0.15, 0.2) is 42.0 Å². The summed E-state index contributed by atoms with van der Waals surface area (Å²) in [5.74, 6) is -2.12. The second-order valence-electron chi connectivity index (χ2n) is 5.54. The van der Waals surface area contributed by atoms with Crippen LogP contribution >= 0.6 is 0 Å². The zero-order chi connectivity index (χ0) is 19.1. The average molecular weight is 368 g/mol. The Bertz CT molecular complexity index is 885. The van der Waals surface area contributed by atoms with Crippen molar-refractivity contribution in [2.75, 3.05) is 7.11 Å². The number of ether oxygens (including phenoxy) is 2. The van der Waals surface area contributed by atoms with Crippen LogP contribution in [0.2, 0.25) is 0 Å². The number of alkyl halides is 3. The first kappa shape index (κ1) is 17.8. The molecule has 26 heavy (non-hydrogen) atoms. The molecule has 0 fully saturated rings.